The minimum atomic E-state index is -1.33. The van der Waals surface area contributed by atoms with Crippen molar-refractivity contribution >= 4 is 52.1 Å². The Bertz CT molecular complexity index is 1750. The third-order valence-corrected chi connectivity index (χ3v) is 6.21. The van der Waals surface area contributed by atoms with Crippen LogP contribution in [0.4, 0.5) is 26.7 Å². The van der Waals surface area contributed by atoms with Crippen LogP contribution >= 0.6 is 0 Å². The summed E-state index contributed by atoms with van der Waals surface area (Å²) >= 11 is 0. The lowest BCUT2D eigenvalue weighted by molar-refractivity contribution is 0.0698. The molecule has 0 spiro atoms. The van der Waals surface area contributed by atoms with Crippen LogP contribution in [0.25, 0.3) is 22.1 Å². The number of aromatic nitrogens is 1. The summed E-state index contributed by atoms with van der Waals surface area (Å²) in [5.41, 5.74) is 2.51. The Kier molecular flexibility index (Phi) is 7.86. The summed E-state index contributed by atoms with van der Waals surface area (Å²) in [5, 5.41) is 27.9. The number of aromatic carboxylic acids is 1. The number of ether oxygens (including phenoxy) is 2. The van der Waals surface area contributed by atoms with Crippen LogP contribution in [-0.2, 0) is 9.47 Å². The smallest absolute Gasteiger partial charge is 0.413 e. The van der Waals surface area contributed by atoms with Crippen LogP contribution in [-0.4, -0.2) is 55.6 Å². The first-order valence-electron chi connectivity index (χ1n) is 11.9. The Hall–Kier alpha value is -5.90. The quantitative estimate of drug-likeness (QED) is 0.291. The van der Waals surface area contributed by atoms with Gasteiger partial charge in [0.15, 0.2) is 11.3 Å². The number of carboxylic acids is 1. The normalized spacial score (nSPS) is 10.4. The van der Waals surface area contributed by atoms with Gasteiger partial charge in [0.25, 0.3) is 5.91 Å². The van der Waals surface area contributed by atoms with Crippen molar-refractivity contribution in [1.82, 2.24) is 5.16 Å². The van der Waals surface area contributed by atoms with Crippen LogP contribution in [0.2, 0.25) is 0 Å². The number of hydrogen-bond acceptors (Lipinski definition) is 9. The highest BCUT2D eigenvalue weighted by atomic mass is 16.5. The second-order valence-corrected chi connectivity index (χ2v) is 8.70. The number of nitrogens with zero attached hydrogens (tertiary/aromatic N) is 3. The number of rotatable bonds is 6. The topological polar surface area (TPSA) is 184 Å². The molecular formula is C28H23N5O8. The van der Waals surface area contributed by atoms with Crippen LogP contribution in [0, 0.1) is 18.3 Å². The maximum Gasteiger partial charge on any atom is 0.413 e. The summed E-state index contributed by atoms with van der Waals surface area (Å²) in [6.07, 6.45) is -1.30. The van der Waals surface area contributed by atoms with Crippen LogP contribution in [0.15, 0.2) is 53.1 Å². The molecule has 4 rings (SSSR count). The Balaban J connectivity index is 1.81. The lowest BCUT2D eigenvalue weighted by atomic mass is 9.96. The third-order valence-electron chi connectivity index (χ3n) is 6.21. The molecule has 3 amide bonds. The van der Waals surface area contributed by atoms with Crippen molar-refractivity contribution in [3.05, 3.63) is 70.9 Å². The average Bonchev–Trinajstić information content (AvgIpc) is 3.38. The van der Waals surface area contributed by atoms with E-state index in [1.165, 1.54) is 37.3 Å². The number of nitriles is 1. The number of carboxylic acid groups (broad SMARTS) is 1. The molecule has 13 nitrogen and oxygen atoms in total. The fraction of sp³-hybridized carbons (Fsp3) is 0.143. The Morgan fingerprint density at radius 2 is 1.73 bits per heavy atom. The van der Waals surface area contributed by atoms with Crippen molar-refractivity contribution in [2.45, 2.75) is 6.92 Å². The molecule has 208 valence electrons. The van der Waals surface area contributed by atoms with E-state index in [9.17, 15) is 24.3 Å². The van der Waals surface area contributed by atoms with E-state index in [0.717, 1.165) is 11.6 Å². The van der Waals surface area contributed by atoms with E-state index in [0.29, 0.717) is 22.5 Å². The predicted molar refractivity (Wildman–Crippen MR) is 147 cm³/mol. The van der Waals surface area contributed by atoms with Gasteiger partial charge >= 0.3 is 18.2 Å². The maximum atomic E-state index is 13.2. The number of hydrogen-bond donors (Lipinski definition) is 3. The van der Waals surface area contributed by atoms with E-state index < -0.39 is 24.1 Å². The summed E-state index contributed by atoms with van der Waals surface area (Å²) in [7, 11) is 4.04. The van der Waals surface area contributed by atoms with Crippen molar-refractivity contribution < 1.29 is 38.3 Å². The standard InChI is InChI=1S/C28H23N5O8/c1-14-9-16(33(2)28(38)40-4)6-7-17(14)18-11-20-23(12-22(18)31-27(37)39-3)41-32-24(20)25(34)30-21-8-5-15(13-29)10-19(21)26(35)36/h5-12H,1-4H3,(H,30,34)(H,31,37)(H,35,36). The molecule has 41 heavy (non-hydrogen) atoms. The van der Waals surface area contributed by atoms with Crippen LogP contribution in [0.5, 0.6) is 0 Å². The van der Waals surface area contributed by atoms with Gasteiger partial charge in [0.1, 0.15) is 0 Å². The lowest BCUT2D eigenvalue weighted by Crippen LogP contribution is -2.25. The SMILES string of the molecule is COC(=O)Nc1cc2onc(C(=O)Nc3ccc(C#N)cc3C(=O)O)c2cc1-c1ccc(N(C)C(=O)OC)cc1C. The van der Waals surface area contributed by atoms with Gasteiger partial charge in [0.2, 0.25) is 0 Å². The van der Waals surface area contributed by atoms with E-state index in [2.05, 4.69) is 15.8 Å². The van der Waals surface area contributed by atoms with Gasteiger partial charge in [-0.05, 0) is 54.4 Å². The average molecular weight is 558 g/mol. The number of fused-ring (bicyclic) bond motifs is 1. The molecule has 0 atom stereocenters. The van der Waals surface area contributed by atoms with Gasteiger partial charge in [-0.1, -0.05) is 11.2 Å². The zero-order chi connectivity index (χ0) is 29.8. The largest absolute Gasteiger partial charge is 0.478 e. The van der Waals surface area contributed by atoms with E-state index in [1.807, 2.05) is 6.07 Å². The molecule has 0 bridgehead atoms. The zero-order valence-corrected chi connectivity index (χ0v) is 22.3. The number of benzene rings is 3. The molecule has 0 saturated carbocycles. The molecule has 1 aromatic heterocycles. The second kappa shape index (κ2) is 11.5. The fourth-order valence-corrected chi connectivity index (χ4v) is 4.12. The number of amides is 3. The third kappa shape index (κ3) is 5.62. The summed E-state index contributed by atoms with van der Waals surface area (Å²) in [5.74, 6) is -2.10. The monoisotopic (exact) mass is 557 g/mol. The molecule has 0 fully saturated rings. The molecule has 3 N–H and O–H groups in total. The van der Waals surface area contributed by atoms with Crippen LogP contribution < -0.4 is 15.5 Å². The maximum absolute atomic E-state index is 13.2. The van der Waals surface area contributed by atoms with Crippen molar-refractivity contribution in [3.63, 3.8) is 0 Å². The molecule has 0 saturated heterocycles. The summed E-state index contributed by atoms with van der Waals surface area (Å²) < 4.78 is 14.9. The second-order valence-electron chi connectivity index (χ2n) is 8.70. The fourth-order valence-electron chi connectivity index (χ4n) is 4.12. The molecule has 0 radical (unpaired) electrons. The molecular weight excluding hydrogens is 534 g/mol. The first-order valence-corrected chi connectivity index (χ1v) is 11.9. The number of nitrogens with one attached hydrogen (secondary N) is 2. The highest BCUT2D eigenvalue weighted by Gasteiger charge is 2.23. The molecule has 0 unspecified atom stereocenters. The van der Waals surface area contributed by atoms with Crippen molar-refractivity contribution in [2.75, 3.05) is 36.8 Å². The lowest BCUT2D eigenvalue weighted by Gasteiger charge is -2.18. The van der Waals surface area contributed by atoms with Gasteiger partial charge in [0.05, 0.1) is 48.2 Å². The summed E-state index contributed by atoms with van der Waals surface area (Å²) in [6.45, 7) is 1.80. The van der Waals surface area contributed by atoms with E-state index >= 15 is 0 Å². The minimum absolute atomic E-state index is 0.0389. The van der Waals surface area contributed by atoms with E-state index in [1.54, 1.807) is 38.2 Å². The number of methoxy groups -OCH3 is 2. The van der Waals surface area contributed by atoms with E-state index in [-0.39, 0.29) is 33.5 Å². The summed E-state index contributed by atoms with van der Waals surface area (Å²) in [4.78, 5) is 50.3. The molecule has 0 aliphatic carbocycles. The Morgan fingerprint density at radius 1 is 0.976 bits per heavy atom. The molecule has 1 heterocycles. The van der Waals surface area contributed by atoms with Gasteiger partial charge in [-0.3, -0.25) is 15.0 Å². The predicted octanol–water partition coefficient (Wildman–Crippen LogP) is 5.01. The van der Waals surface area contributed by atoms with Crippen molar-refractivity contribution in [3.8, 4) is 17.2 Å². The van der Waals surface area contributed by atoms with Gasteiger partial charge in [-0.15, -0.1) is 0 Å². The minimum Gasteiger partial charge on any atom is -0.478 e. The molecule has 4 aromatic rings. The Labute approximate surface area is 232 Å². The number of aryl methyl sites for hydroxylation is 1. The Morgan fingerprint density at radius 3 is 2.37 bits per heavy atom. The van der Waals surface area contributed by atoms with Crippen molar-refractivity contribution in [1.29, 1.82) is 5.26 Å². The molecule has 0 aliphatic heterocycles. The van der Waals surface area contributed by atoms with Gasteiger partial charge in [-0.25, -0.2) is 14.4 Å². The first-order chi connectivity index (χ1) is 19.6. The van der Waals surface area contributed by atoms with E-state index in [4.69, 9.17) is 19.3 Å². The van der Waals surface area contributed by atoms with Crippen molar-refractivity contribution in [2.24, 2.45) is 0 Å². The number of carbonyl (C=O) groups is 4. The highest BCUT2D eigenvalue weighted by molar-refractivity contribution is 6.14. The van der Waals surface area contributed by atoms with Gasteiger partial charge in [0, 0.05) is 24.4 Å². The number of anilines is 3. The first kappa shape index (κ1) is 28.1. The van der Waals surface area contributed by atoms with Gasteiger partial charge in [-0.2, -0.15) is 5.26 Å². The molecule has 3 aromatic carbocycles. The van der Waals surface area contributed by atoms with Gasteiger partial charge < -0.3 is 24.4 Å². The number of carbonyl (C=O) groups excluding carboxylic acids is 3. The van der Waals surface area contributed by atoms with Crippen LogP contribution in [0.1, 0.15) is 32.0 Å². The summed E-state index contributed by atoms with van der Waals surface area (Å²) in [6, 6.07) is 13.9. The zero-order valence-electron chi connectivity index (χ0n) is 22.3. The highest BCUT2D eigenvalue weighted by Crippen LogP contribution is 2.37. The molecule has 0 aliphatic rings. The molecule has 13 heteroatoms. The van der Waals surface area contributed by atoms with Crippen LogP contribution in [0.3, 0.4) is 0 Å².